The minimum Gasteiger partial charge on any atom is -0.377 e. The van der Waals surface area contributed by atoms with Crippen LogP contribution in [0.25, 0.3) is 0 Å². The van der Waals surface area contributed by atoms with Gasteiger partial charge in [0.05, 0.1) is 6.10 Å². The molecule has 2 saturated heterocycles. The van der Waals surface area contributed by atoms with Gasteiger partial charge in [-0.25, -0.2) is 0 Å². The van der Waals surface area contributed by atoms with Crippen molar-refractivity contribution >= 4 is 11.6 Å². The number of hydrogen-bond donors (Lipinski definition) is 2. The highest BCUT2D eigenvalue weighted by Gasteiger charge is 2.66. The van der Waals surface area contributed by atoms with Crippen LogP contribution in [0, 0.1) is 18.3 Å². The largest absolute Gasteiger partial charge is 0.377 e. The SMILES string of the molecule is CCN=C(NC1CCN(c2ccc(C)cc2)C1)NC1C2CCOC2C12CCC2. The number of ether oxygens (including phenoxy) is 1. The maximum Gasteiger partial charge on any atom is 0.191 e. The average molecular weight is 383 g/mol. The Labute approximate surface area is 168 Å². The predicted molar refractivity (Wildman–Crippen MR) is 114 cm³/mol. The number of aryl methyl sites for hydroxylation is 1. The van der Waals surface area contributed by atoms with Crippen molar-refractivity contribution in [2.24, 2.45) is 16.3 Å². The zero-order valence-corrected chi connectivity index (χ0v) is 17.3. The quantitative estimate of drug-likeness (QED) is 0.621. The molecule has 1 aromatic rings. The van der Waals surface area contributed by atoms with Crippen LogP contribution in [0.15, 0.2) is 29.3 Å². The Kier molecular flexibility index (Phi) is 4.74. The van der Waals surface area contributed by atoms with E-state index in [4.69, 9.17) is 9.73 Å². The summed E-state index contributed by atoms with van der Waals surface area (Å²) in [6.45, 7) is 8.17. The van der Waals surface area contributed by atoms with Gasteiger partial charge in [-0.05, 0) is 51.7 Å². The Hall–Kier alpha value is -1.75. The second-order valence-electron chi connectivity index (χ2n) is 9.19. The van der Waals surface area contributed by atoms with Gasteiger partial charge >= 0.3 is 0 Å². The van der Waals surface area contributed by atoms with Gasteiger partial charge in [0, 0.05) is 55.3 Å². The molecule has 152 valence electrons. The number of guanidine groups is 1. The molecule has 2 N–H and O–H groups in total. The summed E-state index contributed by atoms with van der Waals surface area (Å²) in [5.41, 5.74) is 3.04. The topological polar surface area (TPSA) is 48.9 Å². The Bertz CT molecular complexity index is 727. The van der Waals surface area contributed by atoms with Crippen molar-refractivity contribution in [2.75, 3.05) is 31.1 Å². The Morgan fingerprint density at radius 3 is 2.75 bits per heavy atom. The number of anilines is 1. The standard InChI is InChI=1S/C23H34N4O/c1-3-24-22(26-20-19-10-14-28-21(19)23(20)11-4-12-23)25-17-9-13-27(15-17)18-7-5-16(2)6-8-18/h5-8,17,19-21H,3-4,9-15H2,1-2H3,(H2,24,25,26). The van der Waals surface area contributed by atoms with E-state index >= 15 is 0 Å². The van der Waals surface area contributed by atoms with Crippen LogP contribution in [-0.2, 0) is 4.74 Å². The molecular formula is C23H34N4O. The molecule has 5 heteroatoms. The molecule has 0 amide bonds. The lowest BCUT2D eigenvalue weighted by atomic mass is 9.46. The summed E-state index contributed by atoms with van der Waals surface area (Å²) in [5.74, 6) is 1.69. The van der Waals surface area contributed by atoms with E-state index in [2.05, 4.69) is 53.6 Å². The minimum absolute atomic E-state index is 0.390. The molecular weight excluding hydrogens is 348 g/mol. The Balaban J connectivity index is 1.22. The first-order chi connectivity index (χ1) is 13.7. The van der Waals surface area contributed by atoms with Gasteiger partial charge in [0.15, 0.2) is 5.96 Å². The van der Waals surface area contributed by atoms with Crippen LogP contribution < -0.4 is 15.5 Å². The summed E-state index contributed by atoms with van der Waals surface area (Å²) in [5, 5.41) is 7.60. The van der Waals surface area contributed by atoms with Crippen molar-refractivity contribution in [2.45, 2.75) is 64.1 Å². The normalized spacial score (nSPS) is 33.4. The second-order valence-corrected chi connectivity index (χ2v) is 9.19. The van der Waals surface area contributed by atoms with Crippen molar-refractivity contribution in [1.82, 2.24) is 10.6 Å². The van der Waals surface area contributed by atoms with Gasteiger partial charge < -0.3 is 20.3 Å². The highest BCUT2D eigenvalue weighted by atomic mass is 16.5. The first-order valence-electron chi connectivity index (χ1n) is 11.2. The minimum atomic E-state index is 0.390. The average Bonchev–Trinajstić information content (AvgIpc) is 3.27. The van der Waals surface area contributed by atoms with Crippen molar-refractivity contribution in [3.63, 3.8) is 0 Å². The van der Waals surface area contributed by atoms with Crippen molar-refractivity contribution in [3.8, 4) is 0 Å². The van der Waals surface area contributed by atoms with E-state index in [-0.39, 0.29) is 0 Å². The van der Waals surface area contributed by atoms with Gasteiger partial charge in [0.25, 0.3) is 0 Å². The Morgan fingerprint density at radius 1 is 1.21 bits per heavy atom. The van der Waals surface area contributed by atoms with Crippen LogP contribution in [-0.4, -0.2) is 50.4 Å². The fraction of sp³-hybridized carbons (Fsp3) is 0.696. The molecule has 1 aromatic carbocycles. The summed E-state index contributed by atoms with van der Waals surface area (Å²) >= 11 is 0. The third-order valence-corrected chi connectivity index (χ3v) is 7.57. The molecule has 0 radical (unpaired) electrons. The van der Waals surface area contributed by atoms with Crippen molar-refractivity contribution < 1.29 is 4.74 Å². The summed E-state index contributed by atoms with van der Waals surface area (Å²) in [6, 6.07) is 9.89. The van der Waals surface area contributed by atoms with E-state index in [9.17, 15) is 0 Å². The first-order valence-corrected chi connectivity index (χ1v) is 11.2. The maximum atomic E-state index is 6.08. The first kappa shape index (κ1) is 18.3. The molecule has 5 nitrogen and oxygen atoms in total. The number of fused-ring (bicyclic) bond motifs is 2. The molecule has 5 rings (SSSR count). The van der Waals surface area contributed by atoms with Crippen LogP contribution in [0.1, 0.15) is 44.6 Å². The van der Waals surface area contributed by atoms with E-state index in [0.29, 0.717) is 29.5 Å². The summed E-state index contributed by atoms with van der Waals surface area (Å²) in [4.78, 5) is 7.28. The molecule has 0 aromatic heterocycles. The van der Waals surface area contributed by atoms with E-state index < -0.39 is 0 Å². The summed E-state index contributed by atoms with van der Waals surface area (Å²) in [7, 11) is 0. The Morgan fingerprint density at radius 2 is 2.04 bits per heavy atom. The lowest BCUT2D eigenvalue weighted by Gasteiger charge is -2.63. The van der Waals surface area contributed by atoms with Gasteiger partial charge in [0.2, 0.25) is 0 Å². The zero-order valence-electron chi connectivity index (χ0n) is 17.3. The number of aliphatic imine (C=N–C) groups is 1. The molecule has 0 bridgehead atoms. The molecule has 2 aliphatic heterocycles. The second kappa shape index (κ2) is 7.25. The monoisotopic (exact) mass is 382 g/mol. The number of nitrogens with zero attached hydrogens (tertiary/aromatic N) is 2. The highest BCUT2D eigenvalue weighted by Crippen LogP contribution is 2.62. The maximum absolute atomic E-state index is 6.08. The lowest BCUT2D eigenvalue weighted by Crippen LogP contribution is -2.72. The molecule has 28 heavy (non-hydrogen) atoms. The van der Waals surface area contributed by atoms with E-state index in [0.717, 1.165) is 38.6 Å². The number of hydrogen-bond acceptors (Lipinski definition) is 3. The fourth-order valence-electron chi connectivity index (χ4n) is 5.96. The van der Waals surface area contributed by atoms with E-state index in [1.807, 2.05) is 0 Å². The van der Waals surface area contributed by atoms with Gasteiger partial charge in [-0.3, -0.25) is 4.99 Å². The van der Waals surface area contributed by atoms with E-state index in [1.54, 1.807) is 0 Å². The molecule has 2 heterocycles. The van der Waals surface area contributed by atoms with Crippen LogP contribution >= 0.6 is 0 Å². The van der Waals surface area contributed by atoms with Crippen LogP contribution in [0.5, 0.6) is 0 Å². The van der Waals surface area contributed by atoms with Gasteiger partial charge in [-0.15, -0.1) is 0 Å². The molecule has 4 atom stereocenters. The summed E-state index contributed by atoms with van der Waals surface area (Å²) < 4.78 is 6.08. The smallest absolute Gasteiger partial charge is 0.191 e. The number of rotatable bonds is 4. The van der Waals surface area contributed by atoms with E-state index in [1.165, 1.54) is 36.9 Å². The molecule has 2 aliphatic carbocycles. The van der Waals surface area contributed by atoms with Gasteiger partial charge in [0.1, 0.15) is 0 Å². The highest BCUT2D eigenvalue weighted by molar-refractivity contribution is 5.81. The molecule has 4 fully saturated rings. The number of benzene rings is 1. The third-order valence-electron chi connectivity index (χ3n) is 7.57. The zero-order chi connectivity index (χ0) is 19.1. The van der Waals surface area contributed by atoms with Crippen molar-refractivity contribution in [3.05, 3.63) is 29.8 Å². The molecule has 1 spiro atoms. The third kappa shape index (κ3) is 2.99. The van der Waals surface area contributed by atoms with Crippen LogP contribution in [0.3, 0.4) is 0 Å². The molecule has 4 aliphatic rings. The number of nitrogens with one attached hydrogen (secondary N) is 2. The van der Waals surface area contributed by atoms with Crippen LogP contribution in [0.4, 0.5) is 5.69 Å². The molecule has 2 saturated carbocycles. The predicted octanol–water partition coefficient (Wildman–Crippen LogP) is 3.09. The lowest BCUT2D eigenvalue weighted by molar-refractivity contribution is -0.171. The van der Waals surface area contributed by atoms with Gasteiger partial charge in [-0.1, -0.05) is 24.1 Å². The van der Waals surface area contributed by atoms with Crippen molar-refractivity contribution in [1.29, 1.82) is 0 Å². The van der Waals surface area contributed by atoms with Gasteiger partial charge in [-0.2, -0.15) is 0 Å². The fourth-order valence-corrected chi connectivity index (χ4v) is 5.96. The summed E-state index contributed by atoms with van der Waals surface area (Å²) in [6.07, 6.45) is 6.85. The molecule has 4 unspecified atom stereocenters. The van der Waals surface area contributed by atoms with Crippen LogP contribution in [0.2, 0.25) is 0 Å².